The fourth-order valence-corrected chi connectivity index (χ4v) is 6.41. The van der Waals surface area contributed by atoms with E-state index in [1.807, 2.05) is 32.0 Å². The second-order valence-corrected chi connectivity index (χ2v) is 9.47. The summed E-state index contributed by atoms with van der Waals surface area (Å²) in [5.41, 5.74) is 0.587. The van der Waals surface area contributed by atoms with Crippen LogP contribution in [0.2, 0.25) is 0 Å². The van der Waals surface area contributed by atoms with Crippen molar-refractivity contribution in [1.29, 1.82) is 0 Å². The van der Waals surface area contributed by atoms with Crippen molar-refractivity contribution < 1.29 is 17.9 Å². The van der Waals surface area contributed by atoms with E-state index in [1.165, 1.54) is 0 Å². The van der Waals surface area contributed by atoms with Crippen LogP contribution in [0.3, 0.4) is 0 Å². The van der Waals surface area contributed by atoms with E-state index in [0.717, 1.165) is 6.42 Å². The van der Waals surface area contributed by atoms with Crippen molar-refractivity contribution in [2.24, 2.45) is 5.92 Å². The van der Waals surface area contributed by atoms with E-state index in [9.17, 15) is 13.2 Å². The molecular weight excluding hydrogens is 312 g/mol. The molecule has 3 rings (SSSR count). The lowest BCUT2D eigenvalue weighted by Crippen LogP contribution is -2.45. The summed E-state index contributed by atoms with van der Waals surface area (Å²) in [7, 11) is -3.03. The van der Waals surface area contributed by atoms with E-state index in [-0.39, 0.29) is 28.3 Å². The smallest absolute Gasteiger partial charge is 0.169 e. The minimum absolute atomic E-state index is 0.00457. The third-order valence-corrected chi connectivity index (χ3v) is 7.68. The predicted octanol–water partition coefficient (Wildman–Crippen LogP) is 3.40. The number of sulfone groups is 1. The largest absolute Gasteiger partial charge is 0.490 e. The molecule has 2 saturated heterocycles. The topological polar surface area (TPSA) is 60.4 Å². The molecule has 0 radical (unpaired) electrons. The van der Waals surface area contributed by atoms with Crippen molar-refractivity contribution in [2.75, 3.05) is 0 Å². The number of ether oxygens (including phenoxy) is 1. The van der Waals surface area contributed by atoms with Crippen LogP contribution >= 0.6 is 0 Å². The van der Waals surface area contributed by atoms with Gasteiger partial charge in [-0.15, -0.1) is 0 Å². The lowest BCUT2D eigenvalue weighted by Gasteiger charge is -2.38. The molecule has 0 spiro atoms. The Balaban J connectivity index is 1.85. The number of benzene rings is 1. The summed E-state index contributed by atoms with van der Waals surface area (Å²) in [5.74, 6) is 0.435. The van der Waals surface area contributed by atoms with E-state index in [2.05, 4.69) is 0 Å². The maximum atomic E-state index is 13.0. The van der Waals surface area contributed by atoms with Crippen LogP contribution < -0.4 is 4.74 Å². The number of fused-ring (bicyclic) bond motifs is 2. The minimum atomic E-state index is -3.03. The van der Waals surface area contributed by atoms with Crippen molar-refractivity contribution in [3.8, 4) is 5.75 Å². The van der Waals surface area contributed by atoms with E-state index in [1.54, 1.807) is 6.07 Å². The number of carbonyl (C=O) groups is 1. The van der Waals surface area contributed by atoms with Crippen molar-refractivity contribution in [3.05, 3.63) is 29.8 Å². The number of rotatable bonds is 4. The Morgan fingerprint density at radius 3 is 2.35 bits per heavy atom. The maximum absolute atomic E-state index is 13.0. The van der Waals surface area contributed by atoms with E-state index in [4.69, 9.17) is 4.74 Å². The third kappa shape index (κ3) is 3.16. The van der Waals surface area contributed by atoms with Crippen molar-refractivity contribution >= 4 is 15.6 Å². The van der Waals surface area contributed by atoms with Gasteiger partial charge in [0.25, 0.3) is 0 Å². The molecule has 1 aromatic rings. The van der Waals surface area contributed by atoms with Crippen molar-refractivity contribution in [3.63, 3.8) is 0 Å². The summed E-state index contributed by atoms with van der Waals surface area (Å²) in [6.45, 7) is 3.86. The molecule has 2 unspecified atom stereocenters. The maximum Gasteiger partial charge on any atom is 0.169 e. The van der Waals surface area contributed by atoms with Crippen LogP contribution in [0, 0.1) is 5.92 Å². The molecule has 0 N–H and O–H groups in total. The van der Waals surface area contributed by atoms with Crippen LogP contribution in [0.1, 0.15) is 56.3 Å². The quantitative estimate of drug-likeness (QED) is 0.791. The highest BCUT2D eigenvalue weighted by Crippen LogP contribution is 2.41. The second-order valence-electron chi connectivity index (χ2n) is 6.96. The molecule has 0 aromatic heterocycles. The molecule has 0 amide bonds. The molecule has 2 bridgehead atoms. The van der Waals surface area contributed by atoms with Crippen LogP contribution in [0.25, 0.3) is 0 Å². The van der Waals surface area contributed by atoms with Crippen LogP contribution in [0.4, 0.5) is 0 Å². The highest BCUT2D eigenvalue weighted by Gasteiger charge is 2.46. The van der Waals surface area contributed by atoms with E-state index >= 15 is 0 Å². The Hall–Kier alpha value is -1.36. The summed E-state index contributed by atoms with van der Waals surface area (Å²) in [6, 6.07) is 7.29. The number of Topliss-reactive ketones (excluding diaryl/α,β-unsaturated/α-hetero) is 1. The molecule has 23 heavy (non-hydrogen) atoms. The number of ketones is 1. The van der Waals surface area contributed by atoms with Crippen LogP contribution in [0.15, 0.2) is 24.3 Å². The molecule has 0 saturated carbocycles. The van der Waals surface area contributed by atoms with Gasteiger partial charge in [0.2, 0.25) is 0 Å². The van der Waals surface area contributed by atoms with Gasteiger partial charge in [-0.2, -0.15) is 0 Å². The first-order chi connectivity index (χ1) is 10.9. The van der Waals surface area contributed by atoms with E-state index < -0.39 is 9.84 Å². The van der Waals surface area contributed by atoms with Gasteiger partial charge < -0.3 is 4.74 Å². The molecule has 126 valence electrons. The fourth-order valence-electron chi connectivity index (χ4n) is 3.87. The molecule has 2 heterocycles. The molecule has 2 atom stereocenters. The Morgan fingerprint density at radius 1 is 1.13 bits per heavy atom. The highest BCUT2D eigenvalue weighted by molar-refractivity contribution is 7.92. The third-order valence-electron chi connectivity index (χ3n) is 4.96. The molecule has 5 heteroatoms. The number of para-hydroxylation sites is 1. The molecule has 1 aromatic carbocycles. The van der Waals surface area contributed by atoms with Gasteiger partial charge in [-0.05, 0) is 51.7 Å². The first-order valence-corrected chi connectivity index (χ1v) is 10.0. The van der Waals surface area contributed by atoms with Gasteiger partial charge in [0.15, 0.2) is 15.6 Å². The second kappa shape index (κ2) is 6.27. The highest BCUT2D eigenvalue weighted by atomic mass is 32.2. The Bertz CT molecular complexity index is 673. The SMILES string of the molecule is CC(C)Oc1ccccc1C(=O)C1CC2CCCC(C1)S2(=O)=O. The summed E-state index contributed by atoms with van der Waals surface area (Å²) in [4.78, 5) is 13.0. The standard InChI is InChI=1S/C18H24O4S/c1-12(2)22-17-9-4-3-8-16(17)18(19)13-10-14-6-5-7-15(11-13)23(14,20)21/h3-4,8-9,12-15H,5-7,10-11H2,1-2H3. The summed E-state index contributed by atoms with van der Waals surface area (Å²) in [5, 5.41) is -0.663. The minimum Gasteiger partial charge on any atom is -0.490 e. The predicted molar refractivity (Wildman–Crippen MR) is 89.6 cm³/mol. The molecule has 2 aliphatic rings. The van der Waals surface area contributed by atoms with Crippen molar-refractivity contribution in [2.45, 2.75) is 62.6 Å². The van der Waals surface area contributed by atoms with Crippen LogP contribution in [-0.4, -0.2) is 30.8 Å². The summed E-state index contributed by atoms with van der Waals surface area (Å²) < 4.78 is 30.5. The average Bonchev–Trinajstić information content (AvgIpc) is 2.45. The zero-order valence-electron chi connectivity index (χ0n) is 13.7. The first-order valence-electron chi connectivity index (χ1n) is 8.42. The van der Waals surface area contributed by atoms with Gasteiger partial charge in [0.1, 0.15) is 5.75 Å². The monoisotopic (exact) mass is 336 g/mol. The lowest BCUT2D eigenvalue weighted by molar-refractivity contribution is 0.0888. The Kier molecular flexibility index (Phi) is 4.50. The molecule has 4 nitrogen and oxygen atoms in total. The number of carbonyl (C=O) groups excluding carboxylic acids is 1. The first kappa shape index (κ1) is 16.5. The van der Waals surface area contributed by atoms with Gasteiger partial charge in [-0.25, -0.2) is 8.42 Å². The van der Waals surface area contributed by atoms with Gasteiger partial charge in [0.05, 0.1) is 22.2 Å². The summed E-state index contributed by atoms with van der Waals surface area (Å²) >= 11 is 0. The molecule has 2 aliphatic heterocycles. The van der Waals surface area contributed by atoms with E-state index in [0.29, 0.717) is 37.0 Å². The Morgan fingerprint density at radius 2 is 1.74 bits per heavy atom. The zero-order valence-corrected chi connectivity index (χ0v) is 14.5. The van der Waals surface area contributed by atoms with Gasteiger partial charge in [0, 0.05) is 5.92 Å². The van der Waals surface area contributed by atoms with Crippen LogP contribution in [-0.2, 0) is 9.84 Å². The lowest BCUT2D eigenvalue weighted by atomic mass is 9.84. The van der Waals surface area contributed by atoms with Crippen LogP contribution in [0.5, 0.6) is 5.75 Å². The normalized spacial score (nSPS) is 29.3. The summed E-state index contributed by atoms with van der Waals surface area (Å²) in [6.07, 6.45) is 3.29. The molecule has 2 fully saturated rings. The number of hydrogen-bond acceptors (Lipinski definition) is 4. The van der Waals surface area contributed by atoms with Gasteiger partial charge in [-0.3, -0.25) is 4.79 Å². The molecular formula is C18H24O4S. The molecule has 0 aliphatic carbocycles. The van der Waals surface area contributed by atoms with Crippen molar-refractivity contribution in [1.82, 2.24) is 0 Å². The Labute approximate surface area is 138 Å². The number of hydrogen-bond donors (Lipinski definition) is 0. The zero-order chi connectivity index (χ0) is 16.6. The van der Waals surface area contributed by atoms with Gasteiger partial charge in [-0.1, -0.05) is 18.6 Å². The van der Waals surface area contributed by atoms with Gasteiger partial charge >= 0.3 is 0 Å². The fraction of sp³-hybridized carbons (Fsp3) is 0.611. The average molecular weight is 336 g/mol.